The van der Waals surface area contributed by atoms with Crippen molar-refractivity contribution in [2.24, 2.45) is 22.4 Å². The Morgan fingerprint density at radius 2 is 1.57 bits per heavy atom. The van der Waals surface area contributed by atoms with Crippen molar-refractivity contribution in [3.05, 3.63) is 40.3 Å². The number of carbonyl (C=O) groups excluding carboxylic acids is 4. The van der Waals surface area contributed by atoms with Gasteiger partial charge in [-0.1, -0.05) is 51.9 Å². The van der Waals surface area contributed by atoms with Gasteiger partial charge in [0.05, 0.1) is 26.4 Å². The van der Waals surface area contributed by atoms with Crippen LogP contribution in [0, 0.1) is 17.3 Å². The van der Waals surface area contributed by atoms with E-state index in [1.165, 1.54) is 0 Å². The standard InChI is InChI=1S/C30H47N5O7/c1-21(2)26(19-25(36)12-15-40-17-18-41-16-14-32-35-31)29(39)33-22(3)28(38)34-24-9-7-23(8-10-24)20-42-27(37)11-13-30(4,5)6/h7-10,21-22,26H,11-20H2,1-6H3,(H,33,39)(H,34,38)/t22-,26-/m0/s1. The number of carbonyl (C=O) groups is 4. The normalized spacial score (nSPS) is 12.6. The van der Waals surface area contributed by atoms with Crippen LogP contribution >= 0.6 is 0 Å². The van der Waals surface area contributed by atoms with E-state index in [-0.39, 0.29) is 61.6 Å². The monoisotopic (exact) mass is 589 g/mol. The molecule has 0 aromatic heterocycles. The minimum absolute atomic E-state index is 0.0477. The highest BCUT2D eigenvalue weighted by molar-refractivity contribution is 5.97. The maximum atomic E-state index is 12.9. The van der Waals surface area contributed by atoms with Gasteiger partial charge in [0, 0.05) is 42.3 Å². The van der Waals surface area contributed by atoms with Crippen LogP contribution in [0.15, 0.2) is 29.4 Å². The van der Waals surface area contributed by atoms with Gasteiger partial charge in [-0.05, 0) is 47.9 Å². The maximum Gasteiger partial charge on any atom is 0.306 e. The fraction of sp³-hybridized carbons (Fsp3) is 0.667. The van der Waals surface area contributed by atoms with E-state index >= 15 is 0 Å². The average Bonchev–Trinajstić information content (AvgIpc) is 2.92. The number of hydrogen-bond acceptors (Lipinski definition) is 8. The lowest BCUT2D eigenvalue weighted by Crippen LogP contribution is -2.45. The summed E-state index contributed by atoms with van der Waals surface area (Å²) in [5.74, 6) is -1.80. The highest BCUT2D eigenvalue weighted by atomic mass is 16.5. The lowest BCUT2D eigenvalue weighted by Gasteiger charge is -2.22. The first kappa shape index (κ1) is 36.6. The number of nitrogens with zero attached hydrogens (tertiary/aromatic N) is 3. The molecule has 0 spiro atoms. The molecule has 0 fully saturated rings. The summed E-state index contributed by atoms with van der Waals surface area (Å²) in [6, 6.07) is 6.12. The number of amides is 2. The van der Waals surface area contributed by atoms with E-state index < -0.39 is 17.9 Å². The summed E-state index contributed by atoms with van der Waals surface area (Å²) in [5, 5.41) is 8.84. The molecule has 1 aromatic carbocycles. The molecule has 1 aromatic rings. The molecule has 12 nitrogen and oxygen atoms in total. The summed E-state index contributed by atoms with van der Waals surface area (Å²) < 4.78 is 15.9. The molecule has 0 unspecified atom stereocenters. The van der Waals surface area contributed by atoms with Gasteiger partial charge in [0.2, 0.25) is 11.8 Å². The van der Waals surface area contributed by atoms with Crippen molar-refractivity contribution >= 4 is 29.3 Å². The van der Waals surface area contributed by atoms with Gasteiger partial charge in [0.25, 0.3) is 0 Å². The molecule has 0 aliphatic rings. The lowest BCUT2D eigenvalue weighted by molar-refractivity contribution is -0.145. The molecular weight excluding hydrogens is 542 g/mol. The molecule has 0 radical (unpaired) electrons. The zero-order valence-electron chi connectivity index (χ0n) is 25.8. The molecule has 12 heteroatoms. The lowest BCUT2D eigenvalue weighted by atomic mass is 9.89. The second-order valence-electron chi connectivity index (χ2n) is 11.7. The molecule has 2 atom stereocenters. The second-order valence-corrected chi connectivity index (χ2v) is 11.7. The summed E-state index contributed by atoms with van der Waals surface area (Å²) in [6.07, 6.45) is 1.32. The maximum absolute atomic E-state index is 12.9. The van der Waals surface area contributed by atoms with Gasteiger partial charge in [-0.25, -0.2) is 0 Å². The van der Waals surface area contributed by atoms with Crippen LogP contribution in [-0.4, -0.2) is 62.6 Å². The van der Waals surface area contributed by atoms with Crippen molar-refractivity contribution in [2.45, 2.75) is 79.9 Å². The molecule has 1 rings (SSSR count). The molecule has 2 amide bonds. The summed E-state index contributed by atoms with van der Waals surface area (Å²) in [6.45, 7) is 13.1. The first-order valence-electron chi connectivity index (χ1n) is 14.4. The Balaban J connectivity index is 2.44. The van der Waals surface area contributed by atoms with Crippen molar-refractivity contribution < 1.29 is 33.4 Å². The van der Waals surface area contributed by atoms with Crippen LogP contribution in [-0.2, 0) is 40.0 Å². The van der Waals surface area contributed by atoms with Crippen LogP contribution in [0.4, 0.5) is 5.69 Å². The number of ketones is 1. The average molecular weight is 590 g/mol. The quantitative estimate of drug-likeness (QED) is 0.0711. The number of hydrogen-bond donors (Lipinski definition) is 2. The smallest absolute Gasteiger partial charge is 0.306 e. The predicted octanol–water partition coefficient (Wildman–Crippen LogP) is 4.96. The molecule has 0 heterocycles. The fourth-order valence-electron chi connectivity index (χ4n) is 3.67. The summed E-state index contributed by atoms with van der Waals surface area (Å²) in [7, 11) is 0. The van der Waals surface area contributed by atoms with Crippen LogP contribution in [0.2, 0.25) is 0 Å². The van der Waals surface area contributed by atoms with Gasteiger partial charge >= 0.3 is 5.97 Å². The van der Waals surface area contributed by atoms with Crippen molar-refractivity contribution in [1.29, 1.82) is 0 Å². The van der Waals surface area contributed by atoms with Crippen molar-refractivity contribution in [3.63, 3.8) is 0 Å². The Hall–Kier alpha value is -3.47. The van der Waals surface area contributed by atoms with Crippen LogP contribution < -0.4 is 10.6 Å². The Morgan fingerprint density at radius 1 is 0.929 bits per heavy atom. The van der Waals surface area contributed by atoms with Gasteiger partial charge in [-0.2, -0.15) is 0 Å². The molecule has 42 heavy (non-hydrogen) atoms. The molecule has 0 saturated heterocycles. The minimum Gasteiger partial charge on any atom is -0.461 e. The zero-order valence-corrected chi connectivity index (χ0v) is 25.8. The molecule has 0 aliphatic heterocycles. The Labute approximate surface area is 248 Å². The van der Waals surface area contributed by atoms with Gasteiger partial charge in [-0.3, -0.25) is 19.2 Å². The van der Waals surface area contributed by atoms with Crippen molar-refractivity contribution in [2.75, 3.05) is 38.3 Å². The number of esters is 1. The fourth-order valence-corrected chi connectivity index (χ4v) is 3.67. The largest absolute Gasteiger partial charge is 0.461 e. The van der Waals surface area contributed by atoms with E-state index in [9.17, 15) is 19.2 Å². The van der Waals surface area contributed by atoms with Crippen molar-refractivity contribution in [3.8, 4) is 0 Å². The Morgan fingerprint density at radius 3 is 2.17 bits per heavy atom. The predicted molar refractivity (Wildman–Crippen MR) is 159 cm³/mol. The SMILES string of the molecule is CC(C)[C@H](CC(=O)CCOCCOCCN=[N+]=[N-])C(=O)N[C@@H](C)C(=O)Nc1ccc(COC(=O)CCC(C)(C)C)cc1. The summed E-state index contributed by atoms with van der Waals surface area (Å²) in [4.78, 5) is 52.7. The number of anilines is 1. The van der Waals surface area contributed by atoms with Crippen LogP contribution in [0.5, 0.6) is 0 Å². The third kappa shape index (κ3) is 16.7. The zero-order chi connectivity index (χ0) is 31.5. The van der Waals surface area contributed by atoms with E-state index in [2.05, 4.69) is 41.4 Å². The van der Waals surface area contributed by atoms with Gasteiger partial charge in [0.15, 0.2) is 0 Å². The number of ether oxygens (including phenoxy) is 3. The van der Waals surface area contributed by atoms with Gasteiger partial charge in [0.1, 0.15) is 18.4 Å². The first-order chi connectivity index (χ1) is 19.8. The molecule has 2 N–H and O–H groups in total. The Bertz CT molecular complexity index is 1050. The molecule has 234 valence electrons. The van der Waals surface area contributed by atoms with Crippen LogP contribution in [0.3, 0.4) is 0 Å². The number of rotatable bonds is 20. The molecule has 0 bridgehead atoms. The number of azide groups is 1. The molecule has 0 aliphatic carbocycles. The second kappa shape index (κ2) is 19.6. The van der Waals surface area contributed by atoms with E-state index in [0.29, 0.717) is 31.9 Å². The van der Waals surface area contributed by atoms with E-state index in [4.69, 9.17) is 19.7 Å². The minimum atomic E-state index is -0.820. The summed E-state index contributed by atoms with van der Waals surface area (Å²) >= 11 is 0. The highest BCUT2D eigenvalue weighted by Crippen LogP contribution is 2.21. The van der Waals surface area contributed by atoms with Crippen LogP contribution in [0.25, 0.3) is 10.4 Å². The Kier molecular flexibility index (Phi) is 17.1. The topological polar surface area (TPSA) is 169 Å². The van der Waals surface area contributed by atoms with E-state index in [1.807, 2.05) is 13.8 Å². The van der Waals surface area contributed by atoms with Crippen molar-refractivity contribution in [1.82, 2.24) is 5.32 Å². The molecular formula is C30H47N5O7. The highest BCUT2D eigenvalue weighted by Gasteiger charge is 2.27. The first-order valence-corrected chi connectivity index (χ1v) is 14.4. The molecule has 0 saturated carbocycles. The van der Waals surface area contributed by atoms with E-state index in [1.54, 1.807) is 31.2 Å². The number of nitrogens with one attached hydrogen (secondary N) is 2. The third-order valence-corrected chi connectivity index (χ3v) is 6.34. The number of benzene rings is 1. The van der Waals surface area contributed by atoms with Gasteiger partial charge < -0.3 is 24.8 Å². The van der Waals surface area contributed by atoms with Gasteiger partial charge in [-0.15, -0.1) is 0 Å². The van der Waals surface area contributed by atoms with E-state index in [0.717, 1.165) is 12.0 Å². The summed E-state index contributed by atoms with van der Waals surface area (Å²) in [5.41, 5.74) is 9.59. The van der Waals surface area contributed by atoms with Crippen LogP contribution in [0.1, 0.15) is 72.8 Å². The third-order valence-electron chi connectivity index (χ3n) is 6.34. The number of Topliss-reactive ketones (excluding diaryl/α,β-unsaturated/α-hetero) is 1.